The van der Waals surface area contributed by atoms with E-state index in [4.69, 9.17) is 15.2 Å². The first kappa shape index (κ1) is 16.2. The summed E-state index contributed by atoms with van der Waals surface area (Å²) in [4.78, 5) is 21.3. The Kier molecular flexibility index (Phi) is 4.38. The van der Waals surface area contributed by atoms with Crippen LogP contribution in [0.3, 0.4) is 0 Å². The van der Waals surface area contributed by atoms with E-state index in [1.54, 1.807) is 14.2 Å². The van der Waals surface area contributed by atoms with Crippen LogP contribution in [-0.4, -0.2) is 30.0 Å². The molecule has 2 N–H and O–H groups in total. The van der Waals surface area contributed by atoms with Crippen molar-refractivity contribution in [3.8, 4) is 11.5 Å². The third-order valence-electron chi connectivity index (χ3n) is 4.40. The lowest BCUT2D eigenvalue weighted by Gasteiger charge is -2.24. The summed E-state index contributed by atoms with van der Waals surface area (Å²) in [5.41, 5.74) is 8.23. The smallest absolute Gasteiger partial charge is 0.169 e. The van der Waals surface area contributed by atoms with Gasteiger partial charge in [-0.05, 0) is 30.0 Å². The minimum Gasteiger partial charge on any atom is -0.493 e. The first-order valence-corrected chi connectivity index (χ1v) is 7.97. The minimum atomic E-state index is -0.00353. The maximum atomic E-state index is 12.6. The standard InChI is InChI=1S/C18H21N3O3/c1-4-16-20-12-7-11(8-13(22)17(12)18(19)21-16)10-5-6-14(23-2)15(9-10)24-3/h5-6,9,11H,4,7-8H2,1-3H3,(H2,19,20,21)/t11-/m0/s1. The SMILES string of the molecule is CCc1nc(N)c2c(n1)C[C@H](c1ccc(OC)c(OC)c1)CC2=O. The Hall–Kier alpha value is -2.63. The number of hydrogen-bond donors (Lipinski definition) is 1. The molecule has 6 heteroatoms. The number of Topliss-reactive ketones (excluding diaryl/α,β-unsaturated/α-hetero) is 1. The van der Waals surface area contributed by atoms with E-state index >= 15 is 0 Å². The van der Waals surface area contributed by atoms with Crippen LogP contribution in [0.5, 0.6) is 11.5 Å². The Bertz CT molecular complexity index is 789. The van der Waals surface area contributed by atoms with Crippen molar-refractivity contribution in [2.24, 2.45) is 0 Å². The van der Waals surface area contributed by atoms with Gasteiger partial charge >= 0.3 is 0 Å². The molecular weight excluding hydrogens is 306 g/mol. The Labute approximate surface area is 141 Å². The van der Waals surface area contributed by atoms with Gasteiger partial charge < -0.3 is 15.2 Å². The third kappa shape index (κ3) is 2.79. The topological polar surface area (TPSA) is 87.3 Å². The first-order valence-electron chi connectivity index (χ1n) is 7.97. The molecule has 0 saturated carbocycles. The lowest BCUT2D eigenvalue weighted by atomic mass is 9.81. The fourth-order valence-corrected chi connectivity index (χ4v) is 3.16. The maximum Gasteiger partial charge on any atom is 0.169 e. The van der Waals surface area contributed by atoms with Crippen LogP contribution in [0.1, 0.15) is 46.7 Å². The third-order valence-corrected chi connectivity index (χ3v) is 4.40. The number of nitrogens with two attached hydrogens (primary N) is 1. The number of rotatable bonds is 4. The number of benzene rings is 1. The van der Waals surface area contributed by atoms with Crippen LogP contribution in [0, 0.1) is 0 Å². The van der Waals surface area contributed by atoms with Gasteiger partial charge in [-0.2, -0.15) is 0 Å². The number of ether oxygens (including phenoxy) is 2. The fourth-order valence-electron chi connectivity index (χ4n) is 3.16. The summed E-state index contributed by atoms with van der Waals surface area (Å²) in [6.45, 7) is 1.97. The zero-order valence-corrected chi connectivity index (χ0v) is 14.1. The van der Waals surface area contributed by atoms with Gasteiger partial charge in [0, 0.05) is 12.8 Å². The molecule has 126 valence electrons. The highest BCUT2D eigenvalue weighted by Gasteiger charge is 2.30. The monoisotopic (exact) mass is 327 g/mol. The molecule has 0 amide bonds. The number of anilines is 1. The summed E-state index contributed by atoms with van der Waals surface area (Å²) in [6.07, 6.45) is 1.74. The maximum absolute atomic E-state index is 12.6. The summed E-state index contributed by atoms with van der Waals surface area (Å²) in [5.74, 6) is 2.34. The van der Waals surface area contributed by atoms with Crippen molar-refractivity contribution in [2.45, 2.75) is 32.1 Å². The van der Waals surface area contributed by atoms with E-state index in [0.29, 0.717) is 48.0 Å². The summed E-state index contributed by atoms with van der Waals surface area (Å²) < 4.78 is 10.6. The van der Waals surface area contributed by atoms with Crippen LogP contribution >= 0.6 is 0 Å². The van der Waals surface area contributed by atoms with E-state index < -0.39 is 0 Å². The van der Waals surface area contributed by atoms with Crippen molar-refractivity contribution >= 4 is 11.6 Å². The molecule has 6 nitrogen and oxygen atoms in total. The van der Waals surface area contributed by atoms with Gasteiger partial charge in [-0.25, -0.2) is 9.97 Å². The lowest BCUT2D eigenvalue weighted by molar-refractivity contribution is 0.0963. The molecule has 0 unspecified atom stereocenters. The molecule has 1 aromatic carbocycles. The molecule has 3 rings (SSSR count). The zero-order chi connectivity index (χ0) is 17.3. The van der Waals surface area contributed by atoms with E-state index in [-0.39, 0.29) is 11.7 Å². The molecule has 1 heterocycles. The quantitative estimate of drug-likeness (QED) is 0.928. The Morgan fingerprint density at radius 3 is 2.58 bits per heavy atom. The van der Waals surface area contributed by atoms with Gasteiger partial charge in [-0.3, -0.25) is 4.79 Å². The molecular formula is C18H21N3O3. The molecule has 0 saturated heterocycles. The second-order valence-corrected chi connectivity index (χ2v) is 5.84. The number of fused-ring (bicyclic) bond motifs is 1. The summed E-state index contributed by atoms with van der Waals surface area (Å²) in [6, 6.07) is 5.75. The summed E-state index contributed by atoms with van der Waals surface area (Å²) in [7, 11) is 3.20. The van der Waals surface area contributed by atoms with Crippen molar-refractivity contribution in [2.75, 3.05) is 20.0 Å². The molecule has 1 aliphatic carbocycles. The first-order chi connectivity index (χ1) is 11.6. The molecule has 0 radical (unpaired) electrons. The predicted molar refractivity (Wildman–Crippen MR) is 90.8 cm³/mol. The average Bonchev–Trinajstić information content (AvgIpc) is 2.60. The van der Waals surface area contributed by atoms with Gasteiger partial charge in [0.15, 0.2) is 17.3 Å². The molecule has 1 atom stereocenters. The lowest BCUT2D eigenvalue weighted by Crippen LogP contribution is -2.23. The van der Waals surface area contributed by atoms with Crippen LogP contribution in [0.2, 0.25) is 0 Å². The second-order valence-electron chi connectivity index (χ2n) is 5.84. The van der Waals surface area contributed by atoms with Crippen LogP contribution in [0.15, 0.2) is 18.2 Å². The van der Waals surface area contributed by atoms with Crippen molar-refractivity contribution in [1.82, 2.24) is 9.97 Å². The predicted octanol–water partition coefficient (Wildman–Crippen LogP) is 2.55. The Morgan fingerprint density at radius 1 is 1.17 bits per heavy atom. The van der Waals surface area contributed by atoms with Gasteiger partial charge in [0.2, 0.25) is 0 Å². The van der Waals surface area contributed by atoms with Crippen LogP contribution in [0.4, 0.5) is 5.82 Å². The van der Waals surface area contributed by atoms with Gasteiger partial charge in [-0.1, -0.05) is 13.0 Å². The fraction of sp³-hybridized carbons (Fsp3) is 0.389. The number of carbonyl (C=O) groups is 1. The average molecular weight is 327 g/mol. The van der Waals surface area contributed by atoms with E-state index in [9.17, 15) is 4.79 Å². The van der Waals surface area contributed by atoms with Gasteiger partial charge in [0.1, 0.15) is 11.6 Å². The number of carbonyl (C=O) groups excluding carboxylic acids is 1. The zero-order valence-electron chi connectivity index (χ0n) is 14.1. The highest BCUT2D eigenvalue weighted by molar-refractivity contribution is 6.02. The molecule has 0 bridgehead atoms. The number of methoxy groups -OCH3 is 2. The van der Waals surface area contributed by atoms with E-state index in [0.717, 1.165) is 11.3 Å². The normalized spacial score (nSPS) is 16.6. The largest absolute Gasteiger partial charge is 0.493 e. The molecule has 2 aromatic rings. The molecule has 0 aliphatic heterocycles. The summed E-state index contributed by atoms with van der Waals surface area (Å²) >= 11 is 0. The van der Waals surface area contributed by atoms with E-state index in [1.807, 2.05) is 25.1 Å². The van der Waals surface area contributed by atoms with Gasteiger partial charge in [0.25, 0.3) is 0 Å². The second kappa shape index (κ2) is 6.47. The van der Waals surface area contributed by atoms with Crippen molar-refractivity contribution < 1.29 is 14.3 Å². The Morgan fingerprint density at radius 2 is 1.92 bits per heavy atom. The number of nitrogen functional groups attached to an aromatic ring is 1. The number of aryl methyl sites for hydroxylation is 1. The van der Waals surface area contributed by atoms with Crippen LogP contribution < -0.4 is 15.2 Å². The van der Waals surface area contributed by atoms with E-state index in [1.165, 1.54) is 0 Å². The van der Waals surface area contributed by atoms with Crippen molar-refractivity contribution in [3.05, 3.63) is 40.8 Å². The van der Waals surface area contributed by atoms with Gasteiger partial charge in [-0.15, -0.1) is 0 Å². The highest BCUT2D eigenvalue weighted by Crippen LogP contribution is 2.37. The van der Waals surface area contributed by atoms with Gasteiger partial charge in [0.05, 0.1) is 25.5 Å². The highest BCUT2D eigenvalue weighted by atomic mass is 16.5. The van der Waals surface area contributed by atoms with Crippen molar-refractivity contribution in [1.29, 1.82) is 0 Å². The summed E-state index contributed by atoms with van der Waals surface area (Å²) in [5, 5.41) is 0. The molecule has 1 aliphatic rings. The molecule has 0 spiro atoms. The van der Waals surface area contributed by atoms with E-state index in [2.05, 4.69) is 9.97 Å². The van der Waals surface area contributed by atoms with Crippen molar-refractivity contribution in [3.63, 3.8) is 0 Å². The number of nitrogens with zero attached hydrogens (tertiary/aromatic N) is 2. The molecule has 0 fully saturated rings. The number of hydrogen-bond acceptors (Lipinski definition) is 6. The Balaban J connectivity index is 1.98. The number of ketones is 1. The van der Waals surface area contributed by atoms with Crippen LogP contribution in [0.25, 0.3) is 0 Å². The molecule has 1 aromatic heterocycles. The minimum absolute atomic E-state index is 0.00353. The molecule has 24 heavy (non-hydrogen) atoms. The van der Waals surface area contributed by atoms with Crippen LogP contribution in [-0.2, 0) is 12.8 Å². The number of aromatic nitrogens is 2.